The van der Waals surface area contributed by atoms with Gasteiger partial charge in [-0.1, -0.05) is 18.0 Å². The number of rotatable bonds is 5. The maximum Gasteiger partial charge on any atom is 0.453 e. The second kappa shape index (κ2) is 9.66. The van der Waals surface area contributed by atoms with E-state index in [9.17, 15) is 23.2 Å². The summed E-state index contributed by atoms with van der Waals surface area (Å²) in [4.78, 5) is 14.8. The van der Waals surface area contributed by atoms with E-state index in [-0.39, 0.29) is 52.1 Å². The zero-order valence-electron chi connectivity index (χ0n) is 18.0. The number of carbonyl (C=O) groups is 1. The molecule has 1 aromatic rings. The molecule has 1 saturated heterocycles. The van der Waals surface area contributed by atoms with Gasteiger partial charge in [0, 0.05) is 29.6 Å². The Hall–Kier alpha value is -2.06. The Morgan fingerprint density at radius 3 is 2.55 bits per heavy atom. The molecule has 1 saturated carbocycles. The van der Waals surface area contributed by atoms with Crippen molar-refractivity contribution >= 4 is 17.5 Å². The Morgan fingerprint density at radius 1 is 1.24 bits per heavy atom. The number of benzene rings is 1. The number of nitriles is 1. The number of amides is 1. The van der Waals surface area contributed by atoms with E-state index in [1.54, 1.807) is 11.0 Å². The van der Waals surface area contributed by atoms with Crippen LogP contribution in [0.3, 0.4) is 0 Å². The number of hydrogen-bond donors (Lipinski definition) is 3. The van der Waals surface area contributed by atoms with Crippen LogP contribution in [0.1, 0.15) is 50.2 Å². The molecule has 3 rings (SSSR count). The maximum absolute atomic E-state index is 13.2. The summed E-state index contributed by atoms with van der Waals surface area (Å²) in [5.74, 6) is -1.29. The number of aliphatic hydroxyl groups is 3. The maximum atomic E-state index is 13.2. The van der Waals surface area contributed by atoms with Crippen LogP contribution in [0.15, 0.2) is 12.1 Å². The van der Waals surface area contributed by atoms with Crippen molar-refractivity contribution in [1.29, 1.82) is 5.26 Å². The molecule has 182 valence electrons. The third-order valence-electron chi connectivity index (χ3n) is 6.80. The van der Waals surface area contributed by atoms with Crippen molar-refractivity contribution in [3.8, 4) is 11.8 Å². The molecule has 2 fully saturated rings. The van der Waals surface area contributed by atoms with E-state index in [1.807, 2.05) is 6.92 Å². The van der Waals surface area contributed by atoms with Gasteiger partial charge in [-0.3, -0.25) is 4.79 Å². The molecule has 7 nitrogen and oxygen atoms in total. The SMILES string of the molecule is CC1C2CCCC(CC(F)(F)F)C2CCN1C(=O)Cc1c(Cl)ccc(OC(O)(O)O)c1C#N. The average Bonchev–Trinajstić information content (AvgIpc) is 2.69. The van der Waals surface area contributed by atoms with E-state index < -0.39 is 24.7 Å². The van der Waals surface area contributed by atoms with Crippen LogP contribution >= 0.6 is 11.6 Å². The molecule has 1 heterocycles. The molecular weight excluding hydrogens is 465 g/mol. The normalized spacial score (nSPS) is 25.8. The number of alkyl halides is 3. The number of hydrogen-bond acceptors (Lipinski definition) is 6. The van der Waals surface area contributed by atoms with Gasteiger partial charge in [0.15, 0.2) is 0 Å². The number of carbonyl (C=O) groups excluding carboxylic acids is 1. The Morgan fingerprint density at radius 2 is 1.94 bits per heavy atom. The molecule has 0 bridgehead atoms. The van der Waals surface area contributed by atoms with E-state index in [0.717, 1.165) is 12.5 Å². The van der Waals surface area contributed by atoms with E-state index in [0.29, 0.717) is 25.8 Å². The van der Waals surface area contributed by atoms with Crippen LogP contribution in [0, 0.1) is 29.1 Å². The molecule has 1 aliphatic heterocycles. The number of fused-ring (bicyclic) bond motifs is 1. The average molecular weight is 491 g/mol. The van der Waals surface area contributed by atoms with E-state index in [4.69, 9.17) is 26.9 Å². The van der Waals surface area contributed by atoms with Crippen molar-refractivity contribution in [3.05, 3.63) is 28.3 Å². The summed E-state index contributed by atoms with van der Waals surface area (Å²) in [7, 11) is 0. The lowest BCUT2D eigenvalue weighted by Gasteiger charge is -2.49. The van der Waals surface area contributed by atoms with Gasteiger partial charge in [-0.15, -0.1) is 0 Å². The summed E-state index contributed by atoms with van der Waals surface area (Å²) in [6, 6.07) is 3.98. The lowest BCUT2D eigenvalue weighted by Crippen LogP contribution is -2.53. The molecular formula is C22H26ClF3N2O5. The van der Waals surface area contributed by atoms with E-state index in [1.165, 1.54) is 6.07 Å². The summed E-state index contributed by atoms with van der Waals surface area (Å²) in [6.45, 7) is 2.15. The van der Waals surface area contributed by atoms with Gasteiger partial charge in [0.05, 0.1) is 12.0 Å². The van der Waals surface area contributed by atoms with Crippen molar-refractivity contribution in [1.82, 2.24) is 4.90 Å². The van der Waals surface area contributed by atoms with Crippen LogP contribution in [0.5, 0.6) is 5.75 Å². The van der Waals surface area contributed by atoms with E-state index >= 15 is 0 Å². The van der Waals surface area contributed by atoms with Gasteiger partial charge in [-0.05, 0) is 56.1 Å². The quantitative estimate of drug-likeness (QED) is 0.545. The third-order valence-corrected chi connectivity index (χ3v) is 7.15. The van der Waals surface area contributed by atoms with Crippen LogP contribution in [0.2, 0.25) is 5.02 Å². The Labute approximate surface area is 194 Å². The first-order valence-corrected chi connectivity index (χ1v) is 11.1. The fraction of sp³-hybridized carbons (Fsp3) is 0.636. The topological polar surface area (TPSA) is 114 Å². The molecule has 0 aromatic heterocycles. The number of piperidine rings is 1. The van der Waals surface area contributed by atoms with Gasteiger partial charge in [-0.25, -0.2) is 0 Å². The second-order valence-corrected chi connectivity index (χ2v) is 9.23. The third kappa shape index (κ3) is 6.09. The summed E-state index contributed by atoms with van der Waals surface area (Å²) >= 11 is 6.19. The highest BCUT2D eigenvalue weighted by Crippen LogP contribution is 2.47. The molecule has 1 amide bonds. The van der Waals surface area contributed by atoms with Crippen LogP contribution < -0.4 is 4.74 Å². The summed E-state index contributed by atoms with van der Waals surface area (Å²) in [6.07, 6.45) is -6.37. The van der Waals surface area contributed by atoms with Crippen LogP contribution in [-0.4, -0.2) is 51.0 Å². The molecule has 3 N–H and O–H groups in total. The first-order valence-electron chi connectivity index (χ1n) is 10.7. The second-order valence-electron chi connectivity index (χ2n) is 8.82. The van der Waals surface area contributed by atoms with Gasteiger partial charge in [0.2, 0.25) is 5.91 Å². The van der Waals surface area contributed by atoms with Crippen LogP contribution in [-0.2, 0) is 11.2 Å². The summed E-state index contributed by atoms with van der Waals surface area (Å²) in [5.41, 5.74) is -0.137. The van der Waals surface area contributed by atoms with Gasteiger partial charge in [0.25, 0.3) is 0 Å². The molecule has 1 aromatic carbocycles. The zero-order valence-corrected chi connectivity index (χ0v) is 18.7. The Kier molecular flexibility index (Phi) is 7.49. The minimum atomic E-state index is -4.21. The Balaban J connectivity index is 1.78. The Bertz CT molecular complexity index is 928. The summed E-state index contributed by atoms with van der Waals surface area (Å²) in [5, 5.41) is 36.8. The highest BCUT2D eigenvalue weighted by molar-refractivity contribution is 6.31. The van der Waals surface area contributed by atoms with Crippen molar-refractivity contribution in [2.75, 3.05) is 6.54 Å². The first-order chi connectivity index (χ1) is 15.3. The van der Waals surface area contributed by atoms with Crippen molar-refractivity contribution in [2.45, 2.75) is 63.8 Å². The van der Waals surface area contributed by atoms with Crippen LogP contribution in [0.25, 0.3) is 0 Å². The number of likely N-dealkylation sites (tertiary alicyclic amines) is 1. The van der Waals surface area contributed by atoms with Gasteiger partial charge >= 0.3 is 12.3 Å². The first kappa shape index (κ1) is 25.6. The standard InChI is InChI=1S/C22H26ClF3N2O5/c1-12-14-4-2-3-13(10-21(24,25)26)15(14)7-8-28(12)20(29)9-16-17(11-27)19(6-5-18(16)23)33-22(30,31)32/h5-6,12-15,30-32H,2-4,7-10H2,1H3. The number of nitrogens with zero attached hydrogens (tertiary/aromatic N) is 2. The summed E-state index contributed by atoms with van der Waals surface area (Å²) < 4.78 is 43.6. The zero-order chi connectivity index (χ0) is 24.6. The predicted octanol–water partition coefficient (Wildman–Crippen LogP) is 3.33. The van der Waals surface area contributed by atoms with Crippen molar-refractivity contribution < 1.29 is 38.0 Å². The molecule has 4 atom stereocenters. The van der Waals surface area contributed by atoms with Crippen LogP contribution in [0.4, 0.5) is 13.2 Å². The van der Waals surface area contributed by atoms with Gasteiger partial charge in [0.1, 0.15) is 11.8 Å². The highest BCUT2D eigenvalue weighted by Gasteiger charge is 2.46. The smallest absolute Gasteiger partial charge is 0.415 e. The fourth-order valence-electron chi connectivity index (χ4n) is 5.45. The lowest BCUT2D eigenvalue weighted by atomic mass is 9.65. The molecule has 4 unspecified atom stereocenters. The van der Waals surface area contributed by atoms with E-state index in [2.05, 4.69) is 4.74 Å². The molecule has 11 heteroatoms. The minimum absolute atomic E-state index is 0.0387. The number of halogens is 4. The molecule has 0 spiro atoms. The monoisotopic (exact) mass is 490 g/mol. The van der Waals surface area contributed by atoms with Crippen molar-refractivity contribution in [3.63, 3.8) is 0 Å². The minimum Gasteiger partial charge on any atom is -0.415 e. The number of ether oxygens (including phenoxy) is 1. The highest BCUT2D eigenvalue weighted by atomic mass is 35.5. The van der Waals surface area contributed by atoms with Gasteiger partial charge in [-0.2, -0.15) is 18.4 Å². The molecule has 33 heavy (non-hydrogen) atoms. The predicted molar refractivity (Wildman–Crippen MR) is 111 cm³/mol. The van der Waals surface area contributed by atoms with Crippen molar-refractivity contribution in [2.24, 2.45) is 17.8 Å². The fourth-order valence-corrected chi connectivity index (χ4v) is 5.67. The molecule has 2 aliphatic rings. The lowest BCUT2D eigenvalue weighted by molar-refractivity contribution is -0.419. The largest absolute Gasteiger partial charge is 0.453 e. The van der Waals surface area contributed by atoms with Gasteiger partial charge < -0.3 is 25.0 Å². The molecule has 1 aliphatic carbocycles. The molecule has 0 radical (unpaired) electrons.